The van der Waals surface area contributed by atoms with Crippen molar-refractivity contribution in [3.8, 4) is 23.0 Å². The number of rotatable bonds is 7. The number of hydrogen-bond donors (Lipinski definition) is 1. The molecule has 14 heteroatoms. The van der Waals surface area contributed by atoms with Gasteiger partial charge in [-0.15, -0.1) is 0 Å². The van der Waals surface area contributed by atoms with Crippen LogP contribution in [0.4, 0.5) is 0 Å². The highest BCUT2D eigenvalue weighted by Gasteiger charge is 2.67. The van der Waals surface area contributed by atoms with E-state index in [9.17, 15) is 29.1 Å². The minimum absolute atomic E-state index is 0.00847. The van der Waals surface area contributed by atoms with E-state index in [0.717, 1.165) is 4.57 Å². The molecule has 0 unspecified atom stereocenters. The van der Waals surface area contributed by atoms with Crippen LogP contribution < -0.4 is 31.1 Å². The maximum atomic E-state index is 14.4. The molecule has 3 heterocycles. The third-order valence-electron chi connectivity index (χ3n) is 12.0. The highest BCUT2D eigenvalue weighted by Crippen LogP contribution is 2.67. The van der Waals surface area contributed by atoms with E-state index in [1.807, 2.05) is 6.08 Å². The molecule has 4 atom stereocenters. The number of ether oxygens (including phenoxy) is 3. The zero-order valence-corrected chi connectivity index (χ0v) is 30.4. The molecule has 272 valence electrons. The smallest absolute Gasteiger partial charge is 0.347 e. The number of nitrogens with zero attached hydrogens (tertiary/aromatic N) is 5. The Morgan fingerprint density at radius 3 is 2.25 bits per heavy atom. The number of ketones is 2. The molecule has 0 radical (unpaired) electrons. The number of phenols is 1. The number of Topliss-reactive ketones (excluding diaryl/α,β-unsaturated/α-hetero) is 2. The highest BCUT2D eigenvalue weighted by molar-refractivity contribution is 6.17. The fraction of sp³-hybridized carbons (Fsp3) is 0.421. The summed E-state index contributed by atoms with van der Waals surface area (Å²) in [5, 5.41) is 11.3. The van der Waals surface area contributed by atoms with Crippen molar-refractivity contribution in [2.75, 3.05) is 21.3 Å². The number of aromatic hydroxyl groups is 1. The second kappa shape index (κ2) is 12.0. The molecule has 2 aromatic carbocycles. The predicted molar refractivity (Wildman–Crippen MR) is 190 cm³/mol. The number of aromatic nitrogens is 5. The lowest BCUT2D eigenvalue weighted by Crippen LogP contribution is -2.61. The van der Waals surface area contributed by atoms with Gasteiger partial charge >= 0.3 is 11.4 Å². The van der Waals surface area contributed by atoms with Gasteiger partial charge in [-0.05, 0) is 55.2 Å². The molecule has 1 saturated carbocycles. The van der Waals surface area contributed by atoms with Crippen LogP contribution >= 0.6 is 0 Å². The van der Waals surface area contributed by atoms with Gasteiger partial charge in [-0.1, -0.05) is 19.9 Å². The zero-order chi connectivity index (χ0) is 37.6. The van der Waals surface area contributed by atoms with Gasteiger partial charge < -0.3 is 23.9 Å². The molecule has 0 saturated heterocycles. The third kappa shape index (κ3) is 4.55. The number of aryl methyl sites for hydroxylation is 2. The van der Waals surface area contributed by atoms with Gasteiger partial charge in [0.05, 0.1) is 50.4 Å². The fourth-order valence-electron chi connectivity index (χ4n) is 8.76. The average molecular weight is 712 g/mol. The van der Waals surface area contributed by atoms with Crippen LogP contribution in [0.15, 0.2) is 67.5 Å². The van der Waals surface area contributed by atoms with E-state index in [1.54, 1.807) is 59.0 Å². The summed E-state index contributed by atoms with van der Waals surface area (Å²) in [5.41, 5.74) is -1.37. The summed E-state index contributed by atoms with van der Waals surface area (Å²) in [5.74, 6) is -0.0560. The summed E-state index contributed by atoms with van der Waals surface area (Å²) < 4.78 is 21.5. The van der Waals surface area contributed by atoms with Crippen LogP contribution in [0.5, 0.6) is 23.0 Å². The van der Waals surface area contributed by atoms with Crippen LogP contribution in [0, 0.1) is 10.8 Å². The van der Waals surface area contributed by atoms with Crippen LogP contribution in [0.1, 0.15) is 57.3 Å². The Kier molecular flexibility index (Phi) is 8.00. The monoisotopic (exact) mass is 711 g/mol. The lowest BCUT2D eigenvalue weighted by molar-refractivity contribution is -0.151. The Morgan fingerprint density at radius 1 is 0.904 bits per heavy atom. The molecule has 7 rings (SSSR count). The lowest BCUT2D eigenvalue weighted by atomic mass is 9.43. The quantitative estimate of drug-likeness (QED) is 0.282. The predicted octanol–water partition coefficient (Wildman–Crippen LogP) is 3.20. The fourth-order valence-corrected chi connectivity index (χ4v) is 8.76. The molecule has 52 heavy (non-hydrogen) atoms. The first-order chi connectivity index (χ1) is 24.6. The van der Waals surface area contributed by atoms with Crippen molar-refractivity contribution in [2.24, 2.45) is 17.9 Å². The maximum Gasteiger partial charge on any atom is 0.347 e. The SMILES string of the molecule is COc1ccc(O)c([C@H]2C3=CCn4c(=O)n(CCc5nc6cc(OC)c(OC)cc6n(C)c5=O)c(=O)n4[C@@H]3C[C@@]3(C)C(=O)C(C)=C(C)C(=O)[C@@]23C)c1. The number of carbonyl (C=O) groups excluding carboxylic acids is 2. The van der Waals surface area contributed by atoms with E-state index >= 15 is 0 Å². The number of carbonyl (C=O) groups is 2. The number of fused-ring (bicyclic) bond motifs is 5. The van der Waals surface area contributed by atoms with E-state index in [0.29, 0.717) is 50.6 Å². The molecule has 1 N–H and O–H groups in total. The maximum absolute atomic E-state index is 14.4. The van der Waals surface area contributed by atoms with E-state index in [4.69, 9.17) is 14.2 Å². The molecule has 1 aliphatic heterocycles. The van der Waals surface area contributed by atoms with E-state index in [2.05, 4.69) is 4.98 Å². The molecule has 2 aromatic heterocycles. The minimum atomic E-state index is -1.34. The van der Waals surface area contributed by atoms with Crippen molar-refractivity contribution in [3.05, 3.63) is 95.7 Å². The Labute approximate surface area is 298 Å². The van der Waals surface area contributed by atoms with Gasteiger partial charge in [-0.3, -0.25) is 14.4 Å². The van der Waals surface area contributed by atoms with E-state index in [1.165, 1.54) is 41.3 Å². The van der Waals surface area contributed by atoms with Crippen LogP contribution in [-0.2, 0) is 36.1 Å². The average Bonchev–Trinajstić information content (AvgIpc) is 3.39. The summed E-state index contributed by atoms with van der Waals surface area (Å²) in [4.78, 5) is 75.0. The van der Waals surface area contributed by atoms with Crippen molar-refractivity contribution in [2.45, 2.75) is 65.6 Å². The largest absolute Gasteiger partial charge is 0.508 e. The van der Waals surface area contributed by atoms with Crippen molar-refractivity contribution in [1.29, 1.82) is 0 Å². The first-order valence-electron chi connectivity index (χ1n) is 17.0. The number of allylic oxidation sites excluding steroid dienone is 4. The topological polar surface area (TPSA) is 166 Å². The number of phenolic OH excluding ortho intramolecular Hbond substituents is 1. The molecular formula is C38H41N5O9. The molecule has 2 aliphatic carbocycles. The molecule has 4 aromatic rings. The van der Waals surface area contributed by atoms with Gasteiger partial charge in [0.15, 0.2) is 23.1 Å². The van der Waals surface area contributed by atoms with E-state index < -0.39 is 34.2 Å². The molecule has 3 aliphatic rings. The number of hydrogen-bond acceptors (Lipinski definition) is 10. The van der Waals surface area contributed by atoms with Gasteiger partial charge in [0.2, 0.25) is 0 Å². The Hall–Kier alpha value is -5.66. The number of benzene rings is 2. The van der Waals surface area contributed by atoms with Crippen molar-refractivity contribution in [3.63, 3.8) is 0 Å². The third-order valence-corrected chi connectivity index (χ3v) is 12.0. The van der Waals surface area contributed by atoms with Gasteiger partial charge in [0, 0.05) is 49.0 Å². The molecule has 14 nitrogen and oxygen atoms in total. The second-order valence-corrected chi connectivity index (χ2v) is 14.2. The molecule has 0 bridgehead atoms. The first-order valence-corrected chi connectivity index (χ1v) is 17.0. The summed E-state index contributed by atoms with van der Waals surface area (Å²) in [6, 6.07) is 7.26. The summed E-state index contributed by atoms with van der Waals surface area (Å²) in [6.45, 7) is 6.67. The summed E-state index contributed by atoms with van der Waals surface area (Å²) in [6.07, 6.45) is 1.87. The Bertz CT molecular complexity index is 2480. The normalized spacial score (nSPS) is 24.0. The number of methoxy groups -OCH3 is 3. The van der Waals surface area contributed by atoms with Crippen molar-refractivity contribution < 1.29 is 28.9 Å². The molecular weight excluding hydrogens is 670 g/mol. The zero-order valence-electron chi connectivity index (χ0n) is 30.4. The van der Waals surface area contributed by atoms with Gasteiger partial charge in [-0.25, -0.2) is 28.5 Å². The van der Waals surface area contributed by atoms with Gasteiger partial charge in [0.25, 0.3) is 5.56 Å². The highest BCUT2D eigenvalue weighted by atomic mass is 16.5. The van der Waals surface area contributed by atoms with Crippen LogP contribution in [0.3, 0.4) is 0 Å². The second-order valence-electron chi connectivity index (χ2n) is 14.2. The first kappa shape index (κ1) is 34.8. The molecule has 0 amide bonds. The standard InChI is InChI=1S/C38H41N5O9/c1-19-20(2)33(46)38(4)31(23-15-21(50-6)9-10-28(23)44)22-11-14-42-35(48)41(36(49)43(42)27(22)18-37(38,3)32(19)45)13-12-24-34(47)40(5)26-17-30(52-8)29(51-7)16-25(26)39-24/h9-11,15-17,27,31,44H,12-14,18H2,1-8H3/t27-,31-,37+,38-/m1/s1. The van der Waals surface area contributed by atoms with E-state index in [-0.39, 0.29) is 54.5 Å². The van der Waals surface area contributed by atoms with Crippen LogP contribution in [-0.4, -0.2) is 61.5 Å². The van der Waals surface area contributed by atoms with Crippen LogP contribution in [0.2, 0.25) is 0 Å². The van der Waals surface area contributed by atoms with Crippen LogP contribution in [0.25, 0.3) is 11.0 Å². The van der Waals surface area contributed by atoms with Crippen molar-refractivity contribution >= 4 is 22.6 Å². The molecule has 1 fully saturated rings. The Balaban J connectivity index is 1.35. The molecule has 0 spiro atoms. The minimum Gasteiger partial charge on any atom is -0.508 e. The summed E-state index contributed by atoms with van der Waals surface area (Å²) >= 11 is 0. The van der Waals surface area contributed by atoms with Gasteiger partial charge in [-0.2, -0.15) is 0 Å². The Morgan fingerprint density at radius 2 is 1.58 bits per heavy atom. The van der Waals surface area contributed by atoms with Gasteiger partial charge in [0.1, 0.15) is 17.2 Å². The lowest BCUT2D eigenvalue weighted by Gasteiger charge is -2.58. The van der Waals surface area contributed by atoms with Crippen molar-refractivity contribution in [1.82, 2.24) is 23.5 Å². The summed E-state index contributed by atoms with van der Waals surface area (Å²) in [7, 11) is 6.10.